The van der Waals surface area contributed by atoms with Gasteiger partial charge in [0.25, 0.3) is 11.2 Å². The van der Waals surface area contributed by atoms with E-state index in [1.807, 2.05) is 6.92 Å². The summed E-state index contributed by atoms with van der Waals surface area (Å²) in [7, 11) is 0. The molecule has 1 heterocycles. The van der Waals surface area contributed by atoms with Gasteiger partial charge in [0.05, 0.1) is 17.2 Å². The van der Waals surface area contributed by atoms with Gasteiger partial charge in [0.1, 0.15) is 5.69 Å². The van der Waals surface area contributed by atoms with Gasteiger partial charge in [0, 0.05) is 18.7 Å². The minimum Gasteiger partial charge on any atom is -0.380 e. The Morgan fingerprint density at radius 1 is 1.33 bits per heavy atom. The van der Waals surface area contributed by atoms with E-state index in [0.717, 1.165) is 11.3 Å². The second-order valence-electron chi connectivity index (χ2n) is 4.61. The standard InChI is InChI=1S/C14H16N4O3/c1-3-15-12-8-11(5-6-13(12)18(20)21)9-17-14(19)7-4-10(2)16-17/h4-8,15H,3,9H2,1-2H3. The van der Waals surface area contributed by atoms with Crippen LogP contribution in [-0.4, -0.2) is 21.2 Å². The normalized spacial score (nSPS) is 10.4. The molecule has 7 nitrogen and oxygen atoms in total. The number of nitrogens with one attached hydrogen (secondary N) is 1. The Hall–Kier alpha value is -2.70. The van der Waals surface area contributed by atoms with E-state index >= 15 is 0 Å². The molecule has 0 atom stereocenters. The summed E-state index contributed by atoms with van der Waals surface area (Å²) >= 11 is 0. The smallest absolute Gasteiger partial charge is 0.292 e. The predicted octanol–water partition coefficient (Wildman–Crippen LogP) is 1.94. The molecule has 0 saturated carbocycles. The van der Waals surface area contributed by atoms with E-state index in [-0.39, 0.29) is 17.8 Å². The summed E-state index contributed by atoms with van der Waals surface area (Å²) in [5.41, 5.74) is 1.77. The number of aromatic nitrogens is 2. The van der Waals surface area contributed by atoms with E-state index in [1.54, 1.807) is 25.1 Å². The van der Waals surface area contributed by atoms with Crippen LogP contribution in [0, 0.1) is 17.0 Å². The number of rotatable bonds is 5. The third kappa shape index (κ3) is 3.44. The number of hydrogen-bond acceptors (Lipinski definition) is 5. The van der Waals surface area contributed by atoms with Crippen LogP contribution in [0.25, 0.3) is 0 Å². The fourth-order valence-corrected chi connectivity index (χ4v) is 2.01. The molecule has 0 radical (unpaired) electrons. The molecule has 0 saturated heterocycles. The van der Waals surface area contributed by atoms with Crippen LogP contribution in [0.1, 0.15) is 18.2 Å². The molecule has 21 heavy (non-hydrogen) atoms. The lowest BCUT2D eigenvalue weighted by Gasteiger charge is -2.09. The number of nitrogens with zero attached hydrogens (tertiary/aromatic N) is 3. The molecule has 7 heteroatoms. The largest absolute Gasteiger partial charge is 0.380 e. The second-order valence-corrected chi connectivity index (χ2v) is 4.61. The van der Waals surface area contributed by atoms with Crippen molar-refractivity contribution in [1.29, 1.82) is 0 Å². The zero-order chi connectivity index (χ0) is 15.4. The first-order valence-corrected chi connectivity index (χ1v) is 6.57. The van der Waals surface area contributed by atoms with Crippen molar-refractivity contribution in [1.82, 2.24) is 9.78 Å². The fourth-order valence-electron chi connectivity index (χ4n) is 2.01. The quantitative estimate of drug-likeness (QED) is 0.670. The molecule has 0 amide bonds. The van der Waals surface area contributed by atoms with E-state index < -0.39 is 4.92 Å². The maximum absolute atomic E-state index is 11.7. The van der Waals surface area contributed by atoms with Crippen molar-refractivity contribution in [2.75, 3.05) is 11.9 Å². The average Bonchev–Trinajstić information content (AvgIpc) is 2.43. The number of nitro benzene ring substituents is 1. The topological polar surface area (TPSA) is 90.1 Å². The summed E-state index contributed by atoms with van der Waals surface area (Å²) in [4.78, 5) is 22.3. The van der Waals surface area contributed by atoms with Gasteiger partial charge in [-0.25, -0.2) is 4.68 Å². The van der Waals surface area contributed by atoms with Crippen molar-refractivity contribution in [3.05, 3.63) is 62.1 Å². The zero-order valence-electron chi connectivity index (χ0n) is 11.9. The maximum Gasteiger partial charge on any atom is 0.292 e. The van der Waals surface area contributed by atoms with Gasteiger partial charge in [-0.15, -0.1) is 0 Å². The predicted molar refractivity (Wildman–Crippen MR) is 79.6 cm³/mol. The minimum absolute atomic E-state index is 0.0187. The average molecular weight is 288 g/mol. The van der Waals surface area contributed by atoms with Gasteiger partial charge < -0.3 is 5.32 Å². The molecule has 1 N–H and O–H groups in total. The fraction of sp³-hybridized carbons (Fsp3) is 0.286. The van der Waals surface area contributed by atoms with Gasteiger partial charge in [-0.1, -0.05) is 6.07 Å². The molecule has 0 unspecified atom stereocenters. The van der Waals surface area contributed by atoms with Crippen LogP contribution in [-0.2, 0) is 6.54 Å². The highest BCUT2D eigenvalue weighted by Crippen LogP contribution is 2.25. The van der Waals surface area contributed by atoms with E-state index in [4.69, 9.17) is 0 Å². The molecular formula is C14H16N4O3. The van der Waals surface area contributed by atoms with Crippen molar-refractivity contribution in [2.24, 2.45) is 0 Å². The third-order valence-corrected chi connectivity index (χ3v) is 2.96. The highest BCUT2D eigenvalue weighted by molar-refractivity contribution is 5.62. The van der Waals surface area contributed by atoms with Gasteiger partial charge in [-0.2, -0.15) is 5.10 Å². The Morgan fingerprint density at radius 3 is 2.76 bits per heavy atom. The van der Waals surface area contributed by atoms with Crippen molar-refractivity contribution < 1.29 is 4.92 Å². The summed E-state index contributed by atoms with van der Waals surface area (Å²) in [6.07, 6.45) is 0. The number of benzene rings is 1. The van der Waals surface area contributed by atoms with Gasteiger partial charge in [-0.05, 0) is 31.5 Å². The van der Waals surface area contributed by atoms with Crippen LogP contribution in [0.15, 0.2) is 35.1 Å². The van der Waals surface area contributed by atoms with Crippen molar-refractivity contribution >= 4 is 11.4 Å². The number of anilines is 1. The van der Waals surface area contributed by atoms with Crippen LogP contribution >= 0.6 is 0 Å². The molecule has 2 aromatic rings. The third-order valence-electron chi connectivity index (χ3n) is 2.96. The van der Waals surface area contributed by atoms with Crippen LogP contribution < -0.4 is 10.9 Å². The van der Waals surface area contributed by atoms with Crippen molar-refractivity contribution in [3.8, 4) is 0 Å². The lowest BCUT2D eigenvalue weighted by atomic mass is 10.1. The molecule has 0 fully saturated rings. The number of nitro groups is 1. The zero-order valence-corrected chi connectivity index (χ0v) is 11.9. The van der Waals surface area contributed by atoms with E-state index in [0.29, 0.717) is 12.2 Å². The van der Waals surface area contributed by atoms with Gasteiger partial charge in [0.2, 0.25) is 0 Å². The van der Waals surface area contributed by atoms with Crippen molar-refractivity contribution in [3.63, 3.8) is 0 Å². The number of hydrogen-bond donors (Lipinski definition) is 1. The first-order chi connectivity index (χ1) is 10.0. The molecule has 0 bridgehead atoms. The summed E-state index contributed by atoms with van der Waals surface area (Å²) in [6, 6.07) is 7.86. The maximum atomic E-state index is 11.7. The Kier molecular flexibility index (Phi) is 4.32. The first-order valence-electron chi connectivity index (χ1n) is 6.57. The molecule has 2 rings (SSSR count). The van der Waals surface area contributed by atoms with E-state index in [9.17, 15) is 14.9 Å². The molecule has 1 aromatic carbocycles. The molecule has 0 aliphatic rings. The van der Waals surface area contributed by atoms with Gasteiger partial charge in [-0.3, -0.25) is 14.9 Å². The van der Waals surface area contributed by atoms with Crippen LogP contribution in [0.3, 0.4) is 0 Å². The molecule has 0 aliphatic heterocycles. The molecule has 1 aromatic heterocycles. The Morgan fingerprint density at radius 2 is 2.10 bits per heavy atom. The summed E-state index contributed by atoms with van der Waals surface area (Å²) in [5.74, 6) is 0. The lowest BCUT2D eigenvalue weighted by molar-refractivity contribution is -0.384. The Balaban J connectivity index is 2.36. The SMILES string of the molecule is CCNc1cc(Cn2nc(C)ccc2=O)ccc1[N+](=O)[O-]. The summed E-state index contributed by atoms with van der Waals surface area (Å²) in [6.45, 7) is 4.52. The highest BCUT2D eigenvalue weighted by atomic mass is 16.6. The molecule has 0 spiro atoms. The second kappa shape index (κ2) is 6.17. The molecule has 110 valence electrons. The molecule has 0 aliphatic carbocycles. The number of aryl methyl sites for hydroxylation is 1. The lowest BCUT2D eigenvalue weighted by Crippen LogP contribution is -2.23. The van der Waals surface area contributed by atoms with Crippen molar-refractivity contribution in [2.45, 2.75) is 20.4 Å². The monoisotopic (exact) mass is 288 g/mol. The molecular weight excluding hydrogens is 272 g/mol. The Labute approximate surface area is 121 Å². The van der Waals surface area contributed by atoms with E-state index in [1.165, 1.54) is 16.8 Å². The van der Waals surface area contributed by atoms with Crippen LogP contribution in [0.5, 0.6) is 0 Å². The van der Waals surface area contributed by atoms with Gasteiger partial charge in [0.15, 0.2) is 0 Å². The van der Waals surface area contributed by atoms with E-state index in [2.05, 4.69) is 10.4 Å². The Bertz CT molecular complexity index is 724. The van der Waals surface area contributed by atoms with Gasteiger partial charge >= 0.3 is 0 Å². The summed E-state index contributed by atoms with van der Waals surface area (Å²) in [5, 5.41) is 18.1. The first kappa shape index (κ1) is 14.7. The van der Waals surface area contributed by atoms with Crippen LogP contribution in [0.4, 0.5) is 11.4 Å². The minimum atomic E-state index is -0.432. The van der Waals surface area contributed by atoms with Crippen LogP contribution in [0.2, 0.25) is 0 Å². The summed E-state index contributed by atoms with van der Waals surface area (Å²) < 4.78 is 1.34. The highest BCUT2D eigenvalue weighted by Gasteiger charge is 2.13.